The minimum absolute atomic E-state index is 0.0556. The molecular weight excluding hydrogens is 438 g/mol. The van der Waals surface area contributed by atoms with Gasteiger partial charge in [-0.1, -0.05) is 12.1 Å². The van der Waals surface area contributed by atoms with Crippen molar-refractivity contribution in [3.8, 4) is 0 Å². The van der Waals surface area contributed by atoms with Gasteiger partial charge < -0.3 is 15.7 Å². The van der Waals surface area contributed by atoms with E-state index in [1.165, 1.54) is 56.6 Å². The highest BCUT2D eigenvalue weighted by Crippen LogP contribution is 2.61. The molecule has 4 bridgehead atoms. The molecule has 7 rings (SSSR count). The maximum Gasteiger partial charge on any atom is 0.221 e. The van der Waals surface area contributed by atoms with Gasteiger partial charge in [0, 0.05) is 44.4 Å². The number of amides is 1. The summed E-state index contributed by atoms with van der Waals surface area (Å²) in [7, 11) is 0. The molecule has 0 saturated heterocycles. The summed E-state index contributed by atoms with van der Waals surface area (Å²) in [6.45, 7) is 4.68. The van der Waals surface area contributed by atoms with E-state index in [0.717, 1.165) is 61.0 Å². The molecular formula is C28H37N5O2. The van der Waals surface area contributed by atoms with Gasteiger partial charge >= 0.3 is 0 Å². The number of aliphatic hydroxyl groups is 1. The standard InChI is InChI=1S/C28H37N5O2/c1-18(34)32-23-4-2-19(3-5-23)15-33-7-6-24-25(16-33)30-17-31-27(24)29-14-26(35)28-11-20-8-21(12-28)10-22(9-20)13-28/h2-5,17,20-22,26,35H,6-16H2,1H3,(H,32,34)(H,29,30,31). The number of nitrogens with zero attached hydrogens (tertiary/aromatic N) is 3. The Hall–Kier alpha value is -2.51. The van der Waals surface area contributed by atoms with Crippen molar-refractivity contribution in [2.24, 2.45) is 23.2 Å². The summed E-state index contributed by atoms with van der Waals surface area (Å²) in [4.78, 5) is 22.8. The lowest BCUT2D eigenvalue weighted by Crippen LogP contribution is -2.53. The minimum Gasteiger partial charge on any atom is -0.391 e. The summed E-state index contributed by atoms with van der Waals surface area (Å²) in [5, 5.41) is 17.7. The summed E-state index contributed by atoms with van der Waals surface area (Å²) in [5.74, 6) is 3.37. The number of anilines is 2. The van der Waals surface area contributed by atoms with Gasteiger partial charge in [-0.05, 0) is 85.8 Å². The van der Waals surface area contributed by atoms with Gasteiger partial charge in [-0.3, -0.25) is 9.69 Å². The fourth-order valence-corrected chi connectivity index (χ4v) is 7.85. The normalized spacial score (nSPS) is 30.1. The van der Waals surface area contributed by atoms with Crippen LogP contribution in [0.1, 0.15) is 62.3 Å². The first-order valence-corrected chi connectivity index (χ1v) is 13.3. The Morgan fingerprint density at radius 3 is 2.46 bits per heavy atom. The second-order valence-corrected chi connectivity index (χ2v) is 11.7. The fraction of sp³-hybridized carbons (Fsp3) is 0.607. The van der Waals surface area contributed by atoms with Crippen molar-refractivity contribution in [3.05, 3.63) is 47.4 Å². The number of carbonyl (C=O) groups is 1. The number of hydrogen-bond donors (Lipinski definition) is 3. The van der Waals surface area contributed by atoms with E-state index in [0.29, 0.717) is 6.54 Å². The van der Waals surface area contributed by atoms with Gasteiger partial charge in [-0.15, -0.1) is 0 Å². The predicted molar refractivity (Wildman–Crippen MR) is 136 cm³/mol. The van der Waals surface area contributed by atoms with Crippen LogP contribution in [-0.4, -0.2) is 45.1 Å². The van der Waals surface area contributed by atoms with E-state index < -0.39 is 0 Å². The van der Waals surface area contributed by atoms with Gasteiger partial charge in [-0.25, -0.2) is 9.97 Å². The number of aromatic nitrogens is 2. The summed E-state index contributed by atoms with van der Waals surface area (Å²) in [6.07, 6.45) is 10.1. The van der Waals surface area contributed by atoms with Crippen molar-refractivity contribution in [2.75, 3.05) is 23.7 Å². The van der Waals surface area contributed by atoms with Gasteiger partial charge in [-0.2, -0.15) is 0 Å². The molecule has 4 aliphatic carbocycles. The third-order valence-electron chi connectivity index (χ3n) is 9.02. The number of rotatable bonds is 7. The average molecular weight is 476 g/mol. The monoisotopic (exact) mass is 475 g/mol. The third kappa shape index (κ3) is 4.68. The van der Waals surface area contributed by atoms with Gasteiger partial charge in [0.2, 0.25) is 5.91 Å². The highest BCUT2D eigenvalue weighted by Gasteiger charge is 2.53. The Labute approximate surface area is 207 Å². The van der Waals surface area contributed by atoms with Crippen LogP contribution in [0.5, 0.6) is 0 Å². The summed E-state index contributed by atoms with van der Waals surface area (Å²) in [6, 6.07) is 8.04. The van der Waals surface area contributed by atoms with Crippen LogP contribution in [-0.2, 0) is 24.3 Å². The van der Waals surface area contributed by atoms with Gasteiger partial charge in [0.1, 0.15) is 12.1 Å². The number of carbonyl (C=O) groups excluding carboxylic acids is 1. The molecule has 0 radical (unpaired) electrons. The first-order valence-electron chi connectivity index (χ1n) is 13.3. The first kappa shape index (κ1) is 22.9. The van der Waals surface area contributed by atoms with Gasteiger partial charge in [0.25, 0.3) is 0 Å². The van der Waals surface area contributed by atoms with Crippen molar-refractivity contribution in [1.82, 2.24) is 14.9 Å². The molecule has 4 fully saturated rings. The van der Waals surface area contributed by atoms with E-state index in [4.69, 9.17) is 0 Å². The largest absolute Gasteiger partial charge is 0.391 e. The van der Waals surface area contributed by atoms with Crippen molar-refractivity contribution in [3.63, 3.8) is 0 Å². The zero-order valence-corrected chi connectivity index (χ0v) is 20.7. The maximum absolute atomic E-state index is 11.3. The van der Waals surface area contributed by atoms with Crippen LogP contribution in [0.3, 0.4) is 0 Å². The molecule has 186 valence electrons. The summed E-state index contributed by atoms with van der Waals surface area (Å²) in [5.41, 5.74) is 4.44. The fourth-order valence-electron chi connectivity index (χ4n) is 7.85. The molecule has 7 heteroatoms. The average Bonchev–Trinajstić information content (AvgIpc) is 2.82. The van der Waals surface area contributed by atoms with E-state index in [1.807, 2.05) is 12.1 Å². The molecule has 4 saturated carbocycles. The molecule has 7 nitrogen and oxygen atoms in total. The molecule has 3 N–H and O–H groups in total. The molecule has 5 aliphatic rings. The summed E-state index contributed by atoms with van der Waals surface area (Å²) >= 11 is 0. The second kappa shape index (κ2) is 9.17. The quantitative estimate of drug-likeness (QED) is 0.561. The SMILES string of the molecule is CC(=O)Nc1ccc(CN2CCc3c(ncnc3NCC(O)C34CC5CC(CC(C5)C3)C4)C2)cc1. The Bertz CT molecular complexity index is 1050. The Balaban J connectivity index is 1.08. The number of benzene rings is 1. The van der Waals surface area contributed by atoms with E-state index in [9.17, 15) is 9.90 Å². The number of nitrogens with one attached hydrogen (secondary N) is 2. The van der Waals surface area contributed by atoms with Crippen LogP contribution in [0.4, 0.5) is 11.5 Å². The van der Waals surface area contributed by atoms with Crippen molar-refractivity contribution >= 4 is 17.4 Å². The van der Waals surface area contributed by atoms with Crippen LogP contribution in [0.2, 0.25) is 0 Å². The molecule has 1 unspecified atom stereocenters. The highest BCUT2D eigenvalue weighted by molar-refractivity contribution is 5.88. The highest BCUT2D eigenvalue weighted by atomic mass is 16.3. The van der Waals surface area contributed by atoms with Crippen LogP contribution < -0.4 is 10.6 Å². The number of aliphatic hydroxyl groups excluding tert-OH is 1. The second-order valence-electron chi connectivity index (χ2n) is 11.7. The minimum atomic E-state index is -0.304. The molecule has 1 atom stereocenters. The topological polar surface area (TPSA) is 90.4 Å². The third-order valence-corrected chi connectivity index (χ3v) is 9.02. The predicted octanol–water partition coefficient (Wildman–Crippen LogP) is 3.98. The summed E-state index contributed by atoms with van der Waals surface area (Å²) < 4.78 is 0. The molecule has 2 aromatic rings. The molecule has 1 aromatic carbocycles. The van der Waals surface area contributed by atoms with Crippen molar-refractivity contribution < 1.29 is 9.90 Å². The molecule has 1 aliphatic heterocycles. The van der Waals surface area contributed by atoms with E-state index >= 15 is 0 Å². The van der Waals surface area contributed by atoms with Crippen LogP contribution in [0.15, 0.2) is 30.6 Å². The Kier molecular flexibility index (Phi) is 6.01. The van der Waals surface area contributed by atoms with Gasteiger partial charge in [0.15, 0.2) is 0 Å². The van der Waals surface area contributed by atoms with E-state index in [-0.39, 0.29) is 17.4 Å². The number of hydrogen-bond acceptors (Lipinski definition) is 6. The van der Waals surface area contributed by atoms with Crippen LogP contribution >= 0.6 is 0 Å². The molecule has 1 aromatic heterocycles. The lowest BCUT2D eigenvalue weighted by Gasteiger charge is -2.58. The molecule has 0 spiro atoms. The van der Waals surface area contributed by atoms with Gasteiger partial charge in [0.05, 0.1) is 11.8 Å². The van der Waals surface area contributed by atoms with E-state index in [2.05, 4.69) is 37.6 Å². The first-order chi connectivity index (χ1) is 17.0. The molecule has 2 heterocycles. The smallest absolute Gasteiger partial charge is 0.221 e. The Morgan fingerprint density at radius 1 is 1.11 bits per heavy atom. The number of fused-ring (bicyclic) bond motifs is 1. The zero-order chi connectivity index (χ0) is 24.0. The molecule has 35 heavy (non-hydrogen) atoms. The van der Waals surface area contributed by atoms with Crippen LogP contribution in [0, 0.1) is 23.2 Å². The lowest BCUT2D eigenvalue weighted by atomic mass is 9.48. The van der Waals surface area contributed by atoms with Crippen LogP contribution in [0.25, 0.3) is 0 Å². The van der Waals surface area contributed by atoms with E-state index in [1.54, 1.807) is 6.33 Å². The molecule has 1 amide bonds. The van der Waals surface area contributed by atoms with Crippen molar-refractivity contribution in [2.45, 2.75) is 71.1 Å². The Morgan fingerprint density at radius 2 is 1.80 bits per heavy atom. The van der Waals surface area contributed by atoms with Crippen molar-refractivity contribution in [1.29, 1.82) is 0 Å². The lowest BCUT2D eigenvalue weighted by molar-refractivity contribution is -0.115. The maximum atomic E-state index is 11.3. The zero-order valence-electron chi connectivity index (χ0n) is 20.7.